The molecule has 0 bridgehead atoms. The molecule has 0 amide bonds. The van der Waals surface area contributed by atoms with Crippen LogP contribution in [-0.2, 0) is 21.2 Å². The second-order valence-electron chi connectivity index (χ2n) is 4.02. The molecule has 1 unspecified atom stereocenters. The number of aliphatic carboxylic acids is 1. The Balaban J connectivity index is 2.92. The Morgan fingerprint density at radius 1 is 1.32 bits per heavy atom. The molecule has 0 radical (unpaired) electrons. The quantitative estimate of drug-likeness (QED) is 0.672. The van der Waals surface area contributed by atoms with Crippen LogP contribution >= 0.6 is 0 Å². The molecule has 0 aliphatic rings. The number of benzene rings is 1. The maximum Gasteiger partial charge on any atom is 0.321 e. The van der Waals surface area contributed by atoms with Crippen LogP contribution in [0, 0.1) is 0 Å². The van der Waals surface area contributed by atoms with Crippen molar-refractivity contribution >= 4 is 16.0 Å². The molecule has 3 N–H and O–H groups in total. The van der Waals surface area contributed by atoms with E-state index in [0.717, 1.165) is 12.0 Å². The lowest BCUT2D eigenvalue weighted by atomic mass is 10.2. The molecule has 0 aromatic heterocycles. The van der Waals surface area contributed by atoms with E-state index in [9.17, 15) is 13.2 Å². The molecule has 0 heterocycles. The number of carbonyl (C=O) groups is 1. The monoisotopic (exact) mass is 287 g/mol. The zero-order valence-corrected chi connectivity index (χ0v) is 11.4. The first kappa shape index (κ1) is 15.6. The maximum absolute atomic E-state index is 12.0. The average Bonchev–Trinajstić information content (AvgIpc) is 2.38. The highest BCUT2D eigenvalue weighted by atomic mass is 32.2. The third kappa shape index (κ3) is 4.30. The van der Waals surface area contributed by atoms with Crippen LogP contribution in [-0.4, -0.2) is 37.2 Å². The number of hydrogen-bond acceptors (Lipinski definition) is 4. The summed E-state index contributed by atoms with van der Waals surface area (Å²) in [6.45, 7) is 1.54. The van der Waals surface area contributed by atoms with Crippen molar-refractivity contribution in [3.8, 4) is 0 Å². The van der Waals surface area contributed by atoms with E-state index in [1.807, 2.05) is 6.92 Å². The number of hydrogen-bond donors (Lipinski definition) is 3. The normalized spacial score (nSPS) is 13.2. The number of carboxylic acids is 1. The third-order valence-corrected chi connectivity index (χ3v) is 4.14. The molecule has 7 heteroatoms. The highest BCUT2D eigenvalue weighted by Gasteiger charge is 2.24. The average molecular weight is 287 g/mol. The highest BCUT2D eigenvalue weighted by Crippen LogP contribution is 2.12. The number of aryl methyl sites for hydroxylation is 1. The lowest BCUT2D eigenvalue weighted by molar-refractivity contribution is -0.139. The molecule has 1 atom stereocenters. The first-order valence-corrected chi connectivity index (χ1v) is 7.34. The van der Waals surface area contributed by atoms with Crippen molar-refractivity contribution in [3.05, 3.63) is 29.8 Å². The van der Waals surface area contributed by atoms with E-state index < -0.39 is 28.6 Å². The second-order valence-corrected chi connectivity index (χ2v) is 5.74. The SMILES string of the molecule is CCc1ccc(S(=O)(=O)NC(CCO)C(=O)O)cc1. The van der Waals surface area contributed by atoms with E-state index in [1.54, 1.807) is 12.1 Å². The van der Waals surface area contributed by atoms with Gasteiger partial charge in [0.25, 0.3) is 0 Å². The van der Waals surface area contributed by atoms with Crippen LogP contribution < -0.4 is 4.72 Å². The zero-order valence-electron chi connectivity index (χ0n) is 10.5. The van der Waals surface area contributed by atoms with E-state index in [0.29, 0.717) is 0 Å². The van der Waals surface area contributed by atoms with Gasteiger partial charge in [0, 0.05) is 6.61 Å². The summed E-state index contributed by atoms with van der Waals surface area (Å²) >= 11 is 0. The summed E-state index contributed by atoms with van der Waals surface area (Å²) in [7, 11) is -3.89. The van der Waals surface area contributed by atoms with E-state index in [-0.39, 0.29) is 11.3 Å². The van der Waals surface area contributed by atoms with Crippen LogP contribution in [0.2, 0.25) is 0 Å². The number of carboxylic acid groups (broad SMARTS) is 1. The van der Waals surface area contributed by atoms with Gasteiger partial charge in [-0.15, -0.1) is 0 Å². The van der Waals surface area contributed by atoms with Crippen molar-refractivity contribution < 1.29 is 23.4 Å². The van der Waals surface area contributed by atoms with Gasteiger partial charge in [-0.3, -0.25) is 4.79 Å². The molecule has 0 fully saturated rings. The van der Waals surface area contributed by atoms with Crippen molar-refractivity contribution in [3.63, 3.8) is 0 Å². The Morgan fingerprint density at radius 2 is 1.89 bits per heavy atom. The predicted octanol–water partition coefficient (Wildman–Crippen LogP) is 0.363. The van der Waals surface area contributed by atoms with E-state index >= 15 is 0 Å². The van der Waals surface area contributed by atoms with Gasteiger partial charge in [-0.2, -0.15) is 4.72 Å². The van der Waals surface area contributed by atoms with Gasteiger partial charge in [0.1, 0.15) is 6.04 Å². The molecular weight excluding hydrogens is 270 g/mol. The van der Waals surface area contributed by atoms with Gasteiger partial charge >= 0.3 is 5.97 Å². The Morgan fingerprint density at radius 3 is 2.32 bits per heavy atom. The fourth-order valence-electron chi connectivity index (χ4n) is 1.52. The Bertz CT molecular complexity index is 524. The predicted molar refractivity (Wildman–Crippen MR) is 69.3 cm³/mol. The van der Waals surface area contributed by atoms with Gasteiger partial charge in [-0.1, -0.05) is 19.1 Å². The number of aliphatic hydroxyl groups is 1. The van der Waals surface area contributed by atoms with E-state index in [1.165, 1.54) is 12.1 Å². The van der Waals surface area contributed by atoms with Gasteiger partial charge in [-0.25, -0.2) is 8.42 Å². The first-order chi connectivity index (χ1) is 8.90. The maximum atomic E-state index is 12.0. The molecule has 1 aromatic rings. The van der Waals surface area contributed by atoms with Crippen molar-refractivity contribution in [2.45, 2.75) is 30.7 Å². The molecule has 0 aliphatic heterocycles. The Kier molecular flexibility index (Phi) is 5.46. The fraction of sp³-hybridized carbons (Fsp3) is 0.417. The Labute approximate surface area is 112 Å². The lowest BCUT2D eigenvalue weighted by Crippen LogP contribution is -2.41. The van der Waals surface area contributed by atoms with Crippen LogP contribution in [0.15, 0.2) is 29.2 Å². The van der Waals surface area contributed by atoms with Gasteiger partial charge in [0.05, 0.1) is 4.90 Å². The van der Waals surface area contributed by atoms with Gasteiger partial charge in [0.2, 0.25) is 10.0 Å². The molecule has 0 spiro atoms. The lowest BCUT2D eigenvalue weighted by Gasteiger charge is -2.13. The van der Waals surface area contributed by atoms with Gasteiger partial charge in [-0.05, 0) is 30.5 Å². The first-order valence-electron chi connectivity index (χ1n) is 5.85. The van der Waals surface area contributed by atoms with Gasteiger partial charge < -0.3 is 10.2 Å². The highest BCUT2D eigenvalue weighted by molar-refractivity contribution is 7.89. The summed E-state index contributed by atoms with van der Waals surface area (Å²) in [6, 6.07) is 4.88. The minimum atomic E-state index is -3.89. The van der Waals surface area contributed by atoms with E-state index in [2.05, 4.69) is 4.72 Å². The summed E-state index contributed by atoms with van der Waals surface area (Å²) in [5, 5.41) is 17.6. The van der Waals surface area contributed by atoms with Crippen molar-refractivity contribution in [1.29, 1.82) is 0 Å². The molecule has 0 aliphatic carbocycles. The van der Waals surface area contributed by atoms with Crippen LogP contribution in [0.1, 0.15) is 18.9 Å². The minimum Gasteiger partial charge on any atom is -0.480 e. The topological polar surface area (TPSA) is 104 Å². The summed E-state index contributed by atoms with van der Waals surface area (Å²) in [5.41, 5.74) is 0.990. The summed E-state index contributed by atoms with van der Waals surface area (Å²) in [6.07, 6.45) is 0.609. The number of nitrogens with one attached hydrogen (secondary N) is 1. The molecule has 0 saturated heterocycles. The standard InChI is InChI=1S/C12H17NO5S/c1-2-9-3-5-10(6-4-9)19(17,18)13-11(7-8-14)12(15)16/h3-6,11,13-14H,2,7-8H2,1H3,(H,15,16). The third-order valence-electron chi connectivity index (χ3n) is 2.66. The molecule has 1 rings (SSSR count). The molecule has 1 aromatic carbocycles. The summed E-state index contributed by atoms with van der Waals surface area (Å²) in [4.78, 5) is 10.9. The summed E-state index contributed by atoms with van der Waals surface area (Å²) in [5.74, 6) is -1.32. The largest absolute Gasteiger partial charge is 0.480 e. The van der Waals surface area contributed by atoms with Crippen LogP contribution in [0.5, 0.6) is 0 Å². The van der Waals surface area contributed by atoms with Crippen LogP contribution in [0.25, 0.3) is 0 Å². The summed E-state index contributed by atoms with van der Waals surface area (Å²) < 4.78 is 26.0. The molecular formula is C12H17NO5S. The second kappa shape index (κ2) is 6.65. The van der Waals surface area contributed by atoms with Crippen LogP contribution in [0.3, 0.4) is 0 Å². The van der Waals surface area contributed by atoms with Crippen molar-refractivity contribution in [2.75, 3.05) is 6.61 Å². The number of sulfonamides is 1. The van der Waals surface area contributed by atoms with Crippen LogP contribution in [0.4, 0.5) is 0 Å². The minimum absolute atomic E-state index is 0.00823. The number of aliphatic hydroxyl groups excluding tert-OH is 1. The van der Waals surface area contributed by atoms with Crippen molar-refractivity contribution in [1.82, 2.24) is 4.72 Å². The molecule has 0 saturated carbocycles. The smallest absolute Gasteiger partial charge is 0.321 e. The van der Waals surface area contributed by atoms with Gasteiger partial charge in [0.15, 0.2) is 0 Å². The molecule has 6 nitrogen and oxygen atoms in total. The van der Waals surface area contributed by atoms with E-state index in [4.69, 9.17) is 10.2 Å². The van der Waals surface area contributed by atoms with Crippen molar-refractivity contribution in [2.24, 2.45) is 0 Å². The molecule has 106 valence electrons. The Hall–Kier alpha value is -1.44. The fourth-order valence-corrected chi connectivity index (χ4v) is 2.75. The molecule has 19 heavy (non-hydrogen) atoms. The number of rotatable bonds is 7. The zero-order chi connectivity index (χ0) is 14.5.